The van der Waals surface area contributed by atoms with Crippen LogP contribution in [0.3, 0.4) is 0 Å². The molecule has 3 aromatic carbocycles. The van der Waals surface area contributed by atoms with Crippen molar-refractivity contribution in [3.63, 3.8) is 0 Å². The van der Waals surface area contributed by atoms with E-state index in [-0.39, 0.29) is 0 Å². The van der Waals surface area contributed by atoms with Crippen LogP contribution >= 0.6 is 0 Å². The maximum Gasteiger partial charge on any atom is 0.417 e. The second-order valence-electron chi connectivity index (χ2n) is 8.33. The molecule has 4 nitrogen and oxygen atoms in total. The number of nitrogens with zero attached hydrogens (tertiary/aromatic N) is 4. The summed E-state index contributed by atoms with van der Waals surface area (Å²) in [5.74, 6) is -32.2. The Morgan fingerprint density at radius 3 is 0.717 bits per heavy atom. The van der Waals surface area contributed by atoms with Crippen molar-refractivity contribution in [2.45, 2.75) is 12.4 Å². The molecule has 236 valence electrons. The fraction of sp³-hybridized carbons (Fsp3) is 0.0769. The van der Waals surface area contributed by atoms with Crippen LogP contribution < -0.4 is 10.4 Å². The normalized spacial score (nSPS) is 11.4. The fourth-order valence-corrected chi connectivity index (χ4v) is 4.24. The summed E-state index contributed by atoms with van der Waals surface area (Å²) in [6.45, 7) is 0. The van der Waals surface area contributed by atoms with Gasteiger partial charge in [-0.2, -0.15) is 47.4 Å². The average molecular weight is 672 g/mol. The van der Waals surface area contributed by atoms with Crippen LogP contribution in [0, 0.1) is 103 Å². The first-order chi connectivity index (χ1) is 21.1. The van der Waals surface area contributed by atoms with E-state index in [0.29, 0.717) is 24.3 Å². The maximum absolute atomic E-state index is 15.0. The molecule has 0 spiro atoms. The molecule has 0 heterocycles. The quantitative estimate of drug-likeness (QED) is 0.169. The largest absolute Gasteiger partial charge is 0.417 e. The lowest BCUT2D eigenvalue weighted by atomic mass is 9.82. The van der Waals surface area contributed by atoms with Gasteiger partial charge < -0.3 is 0 Å². The second kappa shape index (κ2) is 11.6. The Kier molecular flexibility index (Phi) is 8.78. The molecule has 0 aliphatic heterocycles. The summed E-state index contributed by atoms with van der Waals surface area (Å²) >= 11 is 0. The zero-order chi connectivity index (χ0) is 35.4. The molecular formula is C26F16N4. The van der Waals surface area contributed by atoms with Gasteiger partial charge in [0, 0.05) is 21.6 Å². The molecule has 0 radical (unpaired) electrons. The lowest BCUT2D eigenvalue weighted by Gasteiger charge is -2.24. The molecule has 0 fully saturated rings. The van der Waals surface area contributed by atoms with Crippen molar-refractivity contribution in [3.05, 3.63) is 79.7 Å². The van der Waals surface area contributed by atoms with Crippen molar-refractivity contribution in [2.75, 3.05) is 0 Å². The molecule has 0 unspecified atom stereocenters. The molecule has 0 aromatic heterocycles. The van der Waals surface area contributed by atoms with E-state index in [0.717, 1.165) is 0 Å². The Morgan fingerprint density at radius 1 is 0.348 bits per heavy atom. The lowest BCUT2D eigenvalue weighted by Crippen LogP contribution is -2.37. The van der Waals surface area contributed by atoms with Gasteiger partial charge in [-0.25, -0.2) is 43.9 Å². The molecule has 0 aliphatic rings. The van der Waals surface area contributed by atoms with Crippen LogP contribution in [0.15, 0.2) is 0 Å². The number of hydrogen-bond donors (Lipinski definition) is 0. The Bertz CT molecular complexity index is 1920. The average Bonchev–Trinajstić information content (AvgIpc) is 2.98. The van der Waals surface area contributed by atoms with Crippen LogP contribution in [0.2, 0.25) is 0 Å². The van der Waals surface area contributed by atoms with E-state index in [1.54, 1.807) is 0 Å². The number of halogens is 16. The van der Waals surface area contributed by atoms with Crippen molar-refractivity contribution in [3.8, 4) is 46.5 Å². The highest BCUT2D eigenvalue weighted by Gasteiger charge is 2.48. The predicted octanol–water partition coefficient (Wildman–Crippen LogP) is 6.84. The monoisotopic (exact) mass is 672 g/mol. The van der Waals surface area contributed by atoms with Gasteiger partial charge in [0.15, 0.2) is 46.5 Å². The van der Waals surface area contributed by atoms with Crippen LogP contribution in [0.25, 0.3) is 33.4 Å². The third-order valence-corrected chi connectivity index (χ3v) is 5.93. The minimum absolute atomic E-state index is 0.515. The summed E-state index contributed by atoms with van der Waals surface area (Å²) in [5.41, 5.74) is -23.3. The van der Waals surface area contributed by atoms with E-state index in [1.165, 1.54) is 0 Å². The van der Waals surface area contributed by atoms with E-state index in [4.69, 9.17) is 0 Å². The SMILES string of the molecule is N#CC(C#N)=c1c(-c2c(F)c(F)c(F)c(F)c2F)c(C(F)(F)F)c(=C(C#N)C#N)c(-c2c(F)c(F)c(F)c(F)c2F)c1C(F)(F)F. The molecule has 0 saturated heterocycles. The molecule has 3 aromatic rings. The smallest absolute Gasteiger partial charge is 0.203 e. The van der Waals surface area contributed by atoms with Crippen molar-refractivity contribution in [1.82, 2.24) is 0 Å². The Labute approximate surface area is 241 Å². The summed E-state index contributed by atoms with van der Waals surface area (Å²) in [5, 5.41) is 31.5. The number of benzene rings is 3. The van der Waals surface area contributed by atoms with Gasteiger partial charge in [0.1, 0.15) is 35.4 Å². The highest BCUT2D eigenvalue weighted by atomic mass is 19.4. The van der Waals surface area contributed by atoms with Crippen LogP contribution in [0.5, 0.6) is 0 Å². The molecule has 0 atom stereocenters. The third-order valence-electron chi connectivity index (χ3n) is 5.93. The number of hydrogen-bond acceptors (Lipinski definition) is 4. The fourth-order valence-electron chi connectivity index (χ4n) is 4.24. The summed E-state index contributed by atoms with van der Waals surface area (Å²) in [4.78, 5) is 0. The summed E-state index contributed by atoms with van der Waals surface area (Å²) < 4.78 is 233. The summed E-state index contributed by atoms with van der Waals surface area (Å²) in [7, 11) is 0. The van der Waals surface area contributed by atoms with Gasteiger partial charge >= 0.3 is 12.4 Å². The van der Waals surface area contributed by atoms with E-state index in [2.05, 4.69) is 0 Å². The zero-order valence-corrected chi connectivity index (χ0v) is 20.8. The van der Waals surface area contributed by atoms with E-state index in [9.17, 15) is 91.3 Å². The standard InChI is InChI=1S/C26F16N4/c27-15-11(16(28)20(32)23(35)19(15)31)9-7(5(1-43)2-44)13(25(37,38)39)10(8(6(3-45)4-46)14(9)26(40,41)42)12-17(29)21(33)24(36)22(34)18(12)30. The first-order valence-corrected chi connectivity index (χ1v) is 10.9. The Hall–Kier alpha value is -5.76. The summed E-state index contributed by atoms with van der Waals surface area (Å²) in [6, 6.07) is 2.06. The van der Waals surface area contributed by atoms with Crippen molar-refractivity contribution in [1.29, 1.82) is 21.0 Å². The van der Waals surface area contributed by atoms with Crippen molar-refractivity contribution >= 4 is 11.1 Å². The molecule has 3 rings (SSSR count). The molecule has 0 aliphatic carbocycles. The van der Waals surface area contributed by atoms with Crippen LogP contribution in [0.1, 0.15) is 11.1 Å². The Morgan fingerprint density at radius 2 is 0.543 bits per heavy atom. The maximum atomic E-state index is 15.0. The molecule has 0 saturated carbocycles. The highest BCUT2D eigenvalue weighted by molar-refractivity contribution is 5.90. The van der Waals surface area contributed by atoms with Gasteiger partial charge in [-0.15, -0.1) is 0 Å². The van der Waals surface area contributed by atoms with Crippen LogP contribution in [0.4, 0.5) is 70.2 Å². The number of rotatable bonds is 2. The van der Waals surface area contributed by atoms with Gasteiger partial charge in [-0.05, 0) is 0 Å². The predicted molar refractivity (Wildman–Crippen MR) is 115 cm³/mol. The molecular weight excluding hydrogens is 672 g/mol. The molecule has 0 amide bonds. The van der Waals surface area contributed by atoms with Gasteiger partial charge in [0.05, 0.1) is 22.3 Å². The van der Waals surface area contributed by atoms with Gasteiger partial charge in [0.25, 0.3) is 0 Å². The zero-order valence-electron chi connectivity index (χ0n) is 20.8. The highest BCUT2D eigenvalue weighted by Crippen LogP contribution is 2.44. The van der Waals surface area contributed by atoms with Crippen molar-refractivity contribution in [2.24, 2.45) is 0 Å². The minimum atomic E-state index is -6.64. The molecule has 46 heavy (non-hydrogen) atoms. The summed E-state index contributed by atoms with van der Waals surface area (Å²) in [6.07, 6.45) is -13.3. The van der Waals surface area contributed by atoms with Crippen LogP contribution in [-0.2, 0) is 12.4 Å². The van der Waals surface area contributed by atoms with E-state index < -0.39 is 125 Å². The minimum Gasteiger partial charge on any atom is -0.203 e. The Balaban J connectivity index is 3.30. The molecule has 0 bridgehead atoms. The van der Waals surface area contributed by atoms with Gasteiger partial charge in [-0.3, -0.25) is 0 Å². The number of nitriles is 4. The lowest BCUT2D eigenvalue weighted by molar-refractivity contribution is -0.141. The third kappa shape index (κ3) is 5.07. The van der Waals surface area contributed by atoms with Crippen molar-refractivity contribution < 1.29 is 70.2 Å². The van der Waals surface area contributed by atoms with Gasteiger partial charge in [-0.1, -0.05) is 0 Å². The van der Waals surface area contributed by atoms with Gasteiger partial charge in [0.2, 0.25) is 11.6 Å². The molecule has 20 heteroatoms. The topological polar surface area (TPSA) is 95.2 Å². The first-order valence-electron chi connectivity index (χ1n) is 10.9. The number of alkyl halides is 6. The van der Waals surface area contributed by atoms with E-state index in [1.807, 2.05) is 0 Å². The molecule has 0 N–H and O–H groups in total. The second-order valence-corrected chi connectivity index (χ2v) is 8.33. The van der Waals surface area contributed by atoms with E-state index >= 15 is 0 Å². The van der Waals surface area contributed by atoms with Crippen LogP contribution in [-0.4, -0.2) is 0 Å². The first kappa shape index (κ1) is 34.7.